The van der Waals surface area contributed by atoms with Gasteiger partial charge in [-0.15, -0.1) is 24.0 Å². The molecule has 0 atom stereocenters. The Kier molecular flexibility index (Phi) is 9.64. The van der Waals surface area contributed by atoms with Crippen LogP contribution in [0.25, 0.3) is 0 Å². The Morgan fingerprint density at radius 3 is 2.54 bits per heavy atom. The van der Waals surface area contributed by atoms with E-state index in [0.29, 0.717) is 18.8 Å². The quantitative estimate of drug-likeness (QED) is 0.390. The van der Waals surface area contributed by atoms with Crippen LogP contribution in [-0.2, 0) is 11.3 Å². The molecule has 2 rings (SSSR count). The number of carbonyl (C=O) groups is 1. The molecule has 6 nitrogen and oxygen atoms in total. The fourth-order valence-corrected chi connectivity index (χ4v) is 2.35. The summed E-state index contributed by atoms with van der Waals surface area (Å²) in [5.74, 6) is 1.25. The Hall–Kier alpha value is -2.16. The molecule has 0 unspecified atom stereocenters. The van der Waals surface area contributed by atoms with Crippen LogP contribution in [0.5, 0.6) is 0 Å². The van der Waals surface area contributed by atoms with Crippen LogP contribution in [0.1, 0.15) is 17.5 Å². The number of anilines is 1. The van der Waals surface area contributed by atoms with Crippen molar-refractivity contribution in [1.82, 2.24) is 15.2 Å². The van der Waals surface area contributed by atoms with E-state index in [4.69, 9.17) is 0 Å². The maximum atomic E-state index is 12.0. The van der Waals surface area contributed by atoms with Crippen molar-refractivity contribution in [1.29, 1.82) is 0 Å². The molecule has 1 aromatic heterocycles. The van der Waals surface area contributed by atoms with Crippen molar-refractivity contribution in [2.24, 2.45) is 4.99 Å². The molecule has 26 heavy (non-hydrogen) atoms. The number of hydrogen-bond donors (Lipinski definition) is 2. The fourth-order valence-electron chi connectivity index (χ4n) is 2.35. The van der Waals surface area contributed by atoms with Crippen LogP contribution in [0.2, 0.25) is 0 Å². The first kappa shape index (κ1) is 21.9. The molecule has 140 valence electrons. The molecule has 0 spiro atoms. The number of benzene rings is 1. The number of nitrogens with zero attached hydrogens (tertiary/aromatic N) is 3. The van der Waals surface area contributed by atoms with Crippen molar-refractivity contribution >= 4 is 41.7 Å². The lowest BCUT2D eigenvalue weighted by Gasteiger charge is -2.22. The average molecular weight is 467 g/mol. The van der Waals surface area contributed by atoms with Crippen LogP contribution in [0.3, 0.4) is 0 Å². The van der Waals surface area contributed by atoms with E-state index in [-0.39, 0.29) is 29.9 Å². The van der Waals surface area contributed by atoms with Gasteiger partial charge >= 0.3 is 0 Å². The number of pyridine rings is 1. The van der Waals surface area contributed by atoms with Crippen molar-refractivity contribution in [2.75, 3.05) is 26.0 Å². The number of nitrogens with one attached hydrogen (secondary N) is 2. The van der Waals surface area contributed by atoms with Gasteiger partial charge in [0.1, 0.15) is 5.82 Å². The average Bonchev–Trinajstić information content (AvgIpc) is 2.61. The van der Waals surface area contributed by atoms with Crippen molar-refractivity contribution < 1.29 is 4.79 Å². The van der Waals surface area contributed by atoms with Crippen LogP contribution in [0.15, 0.2) is 53.7 Å². The minimum atomic E-state index is -0.0787. The first-order chi connectivity index (χ1) is 12.1. The lowest BCUT2D eigenvalue weighted by Crippen LogP contribution is -2.39. The summed E-state index contributed by atoms with van der Waals surface area (Å²) in [6.07, 6.45) is 2.07. The number of amides is 1. The normalized spacial score (nSPS) is 10.7. The molecule has 2 N–H and O–H groups in total. The van der Waals surface area contributed by atoms with Crippen molar-refractivity contribution in [3.63, 3.8) is 0 Å². The highest BCUT2D eigenvalue weighted by molar-refractivity contribution is 14.0. The number of carbonyl (C=O) groups excluding carboxylic acids is 1. The Morgan fingerprint density at radius 2 is 1.92 bits per heavy atom. The maximum Gasteiger partial charge on any atom is 0.227 e. The predicted molar refractivity (Wildman–Crippen MR) is 117 cm³/mol. The largest absolute Gasteiger partial charge is 0.356 e. The van der Waals surface area contributed by atoms with E-state index < -0.39 is 0 Å². The number of guanidine groups is 1. The molecule has 0 saturated heterocycles. The third kappa shape index (κ3) is 7.38. The van der Waals surface area contributed by atoms with Crippen molar-refractivity contribution in [2.45, 2.75) is 19.9 Å². The molecule has 0 bridgehead atoms. The standard InChI is InChI=1S/C19H25N5O.HI/c1-15-9-10-17(22-13-15)23-18(25)11-12-21-19(20-2)24(3)14-16-7-5-4-6-8-16;/h4-10,13H,11-12,14H2,1-3H3,(H,20,21)(H,22,23,25);1H. The van der Waals surface area contributed by atoms with Gasteiger partial charge in [-0.3, -0.25) is 9.79 Å². The summed E-state index contributed by atoms with van der Waals surface area (Å²) < 4.78 is 0. The zero-order valence-corrected chi connectivity index (χ0v) is 17.7. The summed E-state index contributed by atoms with van der Waals surface area (Å²) in [5, 5.41) is 6.00. The van der Waals surface area contributed by atoms with E-state index in [1.165, 1.54) is 5.56 Å². The second-order valence-corrected chi connectivity index (χ2v) is 5.83. The fraction of sp³-hybridized carbons (Fsp3) is 0.316. The molecular formula is C19H26IN5O. The van der Waals surface area contributed by atoms with E-state index >= 15 is 0 Å². The van der Waals surface area contributed by atoms with Crippen LogP contribution >= 0.6 is 24.0 Å². The number of hydrogen-bond acceptors (Lipinski definition) is 3. The smallest absolute Gasteiger partial charge is 0.227 e. The van der Waals surface area contributed by atoms with Gasteiger partial charge in [-0.2, -0.15) is 0 Å². The molecule has 1 amide bonds. The molecule has 1 heterocycles. The molecule has 0 aliphatic heterocycles. The van der Waals surface area contributed by atoms with Crippen molar-refractivity contribution in [3.8, 4) is 0 Å². The molecule has 0 aliphatic rings. The molecule has 7 heteroatoms. The molecule has 0 radical (unpaired) electrons. The highest BCUT2D eigenvalue weighted by atomic mass is 127. The van der Waals surface area contributed by atoms with Gasteiger partial charge in [0.25, 0.3) is 0 Å². The zero-order valence-electron chi connectivity index (χ0n) is 15.4. The van der Waals surface area contributed by atoms with E-state index in [1.807, 2.05) is 43.1 Å². The van der Waals surface area contributed by atoms with Crippen LogP contribution < -0.4 is 10.6 Å². The van der Waals surface area contributed by atoms with Crippen molar-refractivity contribution in [3.05, 3.63) is 59.8 Å². The van der Waals surface area contributed by atoms with Crippen LogP contribution in [0, 0.1) is 6.92 Å². The number of aliphatic imine (C=N–C) groups is 1. The van der Waals surface area contributed by atoms with Gasteiger partial charge in [0.05, 0.1) is 0 Å². The number of aryl methyl sites for hydroxylation is 1. The number of halogens is 1. The third-order valence-corrected chi connectivity index (χ3v) is 3.65. The number of aromatic nitrogens is 1. The van der Waals surface area contributed by atoms with Gasteiger partial charge < -0.3 is 15.5 Å². The first-order valence-electron chi connectivity index (χ1n) is 8.26. The Balaban J connectivity index is 0.00000338. The predicted octanol–water partition coefficient (Wildman–Crippen LogP) is 3.04. The monoisotopic (exact) mass is 467 g/mol. The summed E-state index contributed by atoms with van der Waals surface area (Å²) in [7, 11) is 3.71. The highest BCUT2D eigenvalue weighted by Gasteiger charge is 2.08. The summed E-state index contributed by atoms with van der Waals surface area (Å²) in [6.45, 7) is 3.21. The summed E-state index contributed by atoms with van der Waals surface area (Å²) in [6, 6.07) is 13.9. The summed E-state index contributed by atoms with van der Waals surface area (Å²) in [4.78, 5) is 22.4. The van der Waals surface area contributed by atoms with Gasteiger partial charge in [-0.25, -0.2) is 4.98 Å². The van der Waals surface area contributed by atoms with Crippen LogP contribution in [0.4, 0.5) is 5.82 Å². The summed E-state index contributed by atoms with van der Waals surface area (Å²) >= 11 is 0. The highest BCUT2D eigenvalue weighted by Crippen LogP contribution is 2.05. The maximum absolute atomic E-state index is 12.0. The minimum Gasteiger partial charge on any atom is -0.356 e. The lowest BCUT2D eigenvalue weighted by molar-refractivity contribution is -0.116. The van der Waals surface area contributed by atoms with Gasteiger partial charge in [-0.05, 0) is 24.1 Å². The topological polar surface area (TPSA) is 69.6 Å². The Bertz CT molecular complexity index is 704. The SMILES string of the molecule is CN=C(NCCC(=O)Nc1ccc(C)cn1)N(C)Cc1ccccc1.I. The van der Waals surface area contributed by atoms with Crippen LogP contribution in [-0.4, -0.2) is 42.4 Å². The third-order valence-electron chi connectivity index (χ3n) is 3.65. The lowest BCUT2D eigenvalue weighted by atomic mass is 10.2. The molecule has 0 fully saturated rings. The molecule has 1 aromatic carbocycles. The Morgan fingerprint density at radius 1 is 1.19 bits per heavy atom. The second kappa shape index (κ2) is 11.5. The van der Waals surface area contributed by atoms with E-state index in [9.17, 15) is 4.79 Å². The van der Waals surface area contributed by atoms with Gasteiger partial charge in [0, 0.05) is 39.8 Å². The van der Waals surface area contributed by atoms with E-state index in [0.717, 1.165) is 18.1 Å². The van der Waals surface area contributed by atoms with E-state index in [1.54, 1.807) is 19.3 Å². The molecular weight excluding hydrogens is 441 g/mol. The van der Waals surface area contributed by atoms with Gasteiger partial charge in [-0.1, -0.05) is 36.4 Å². The summed E-state index contributed by atoms with van der Waals surface area (Å²) in [5.41, 5.74) is 2.26. The first-order valence-corrected chi connectivity index (χ1v) is 8.26. The molecule has 0 saturated carbocycles. The second-order valence-electron chi connectivity index (χ2n) is 5.83. The zero-order chi connectivity index (χ0) is 18.1. The molecule has 0 aliphatic carbocycles. The molecule has 2 aromatic rings. The van der Waals surface area contributed by atoms with Gasteiger partial charge in [0.2, 0.25) is 5.91 Å². The number of rotatable bonds is 6. The Labute approximate surface area is 172 Å². The van der Waals surface area contributed by atoms with Gasteiger partial charge in [0.15, 0.2) is 5.96 Å². The minimum absolute atomic E-state index is 0. The van der Waals surface area contributed by atoms with E-state index in [2.05, 4.69) is 32.7 Å².